The van der Waals surface area contributed by atoms with E-state index in [1.807, 2.05) is 0 Å². The largest absolute Gasteiger partial charge is 0.379 e. The summed E-state index contributed by atoms with van der Waals surface area (Å²) in [4.78, 5) is 0. The lowest BCUT2D eigenvalue weighted by Crippen LogP contribution is -2.15. The molecule has 0 spiro atoms. The van der Waals surface area contributed by atoms with Crippen LogP contribution in [-0.4, -0.2) is 23.8 Å². The molecule has 0 unspecified atom stereocenters. The summed E-state index contributed by atoms with van der Waals surface area (Å²) >= 11 is 0. The van der Waals surface area contributed by atoms with Gasteiger partial charge in [-0.3, -0.25) is 0 Å². The maximum atomic E-state index is 5.68. The van der Waals surface area contributed by atoms with Crippen LogP contribution in [0.3, 0.4) is 0 Å². The molecule has 2 aromatic rings. The second-order valence-corrected chi connectivity index (χ2v) is 6.53. The number of ether oxygens (including phenoxy) is 1. The van der Waals surface area contributed by atoms with Gasteiger partial charge in [0.1, 0.15) is 0 Å². The Labute approximate surface area is 127 Å². The van der Waals surface area contributed by atoms with Crippen molar-refractivity contribution in [1.29, 1.82) is 0 Å². The van der Waals surface area contributed by atoms with Crippen molar-refractivity contribution in [1.82, 2.24) is 9.88 Å². The number of rotatable bonds is 8. The van der Waals surface area contributed by atoms with E-state index in [1.165, 1.54) is 29.3 Å². The normalized spacial score (nSPS) is 15.2. The van der Waals surface area contributed by atoms with Crippen LogP contribution in [0.2, 0.25) is 0 Å². The van der Waals surface area contributed by atoms with Crippen molar-refractivity contribution in [3.8, 4) is 0 Å². The lowest BCUT2D eigenvalue weighted by molar-refractivity contribution is 0.104. The Hall–Kier alpha value is -1.32. The van der Waals surface area contributed by atoms with Crippen LogP contribution in [0.25, 0.3) is 10.9 Å². The van der Waals surface area contributed by atoms with E-state index < -0.39 is 0 Å². The zero-order valence-electron chi connectivity index (χ0n) is 13.1. The summed E-state index contributed by atoms with van der Waals surface area (Å²) in [5.74, 6) is 0.605. The molecule has 3 nitrogen and oxygen atoms in total. The first-order chi connectivity index (χ1) is 10.2. The number of benzene rings is 1. The van der Waals surface area contributed by atoms with Crippen molar-refractivity contribution in [2.75, 3.05) is 13.2 Å². The molecule has 1 aliphatic carbocycles. The van der Waals surface area contributed by atoms with Crippen LogP contribution in [-0.2, 0) is 17.8 Å². The quantitative estimate of drug-likeness (QED) is 0.751. The Morgan fingerprint density at radius 1 is 1.29 bits per heavy atom. The molecule has 21 heavy (non-hydrogen) atoms. The summed E-state index contributed by atoms with van der Waals surface area (Å²) in [6, 6.07) is 9.75. The fourth-order valence-electron chi connectivity index (χ4n) is 2.59. The van der Waals surface area contributed by atoms with Crippen LogP contribution >= 0.6 is 0 Å². The Morgan fingerprint density at radius 2 is 2.14 bits per heavy atom. The number of hydrogen-bond donors (Lipinski definition) is 1. The standard InChI is InChI=1S/C18H26N2O/c1-14(2)13-21-10-9-20-8-7-16-11-15(3-6-18(16)20)12-19-17-4-5-17/h3,6-8,11,14,17,19H,4-5,9-10,12-13H2,1-2H3. The summed E-state index contributed by atoms with van der Waals surface area (Å²) in [7, 11) is 0. The van der Waals surface area contributed by atoms with Crippen LogP contribution in [0.1, 0.15) is 32.3 Å². The predicted octanol–water partition coefficient (Wildman–Crippen LogP) is 3.57. The molecule has 3 heteroatoms. The van der Waals surface area contributed by atoms with Crippen LogP contribution in [0, 0.1) is 5.92 Å². The molecule has 0 radical (unpaired) electrons. The molecule has 1 aromatic carbocycles. The second-order valence-electron chi connectivity index (χ2n) is 6.53. The van der Waals surface area contributed by atoms with E-state index >= 15 is 0 Å². The van der Waals surface area contributed by atoms with Crippen molar-refractivity contribution in [3.63, 3.8) is 0 Å². The van der Waals surface area contributed by atoms with E-state index in [1.54, 1.807) is 0 Å². The van der Waals surface area contributed by atoms with E-state index in [-0.39, 0.29) is 0 Å². The van der Waals surface area contributed by atoms with Crippen LogP contribution in [0.5, 0.6) is 0 Å². The summed E-state index contributed by atoms with van der Waals surface area (Å²) < 4.78 is 7.97. The van der Waals surface area contributed by atoms with Gasteiger partial charge in [-0.1, -0.05) is 19.9 Å². The fourth-order valence-corrected chi connectivity index (χ4v) is 2.59. The number of hydrogen-bond acceptors (Lipinski definition) is 2. The first-order valence-electron chi connectivity index (χ1n) is 8.11. The van der Waals surface area contributed by atoms with E-state index in [2.05, 4.69) is 54.2 Å². The highest BCUT2D eigenvalue weighted by Crippen LogP contribution is 2.21. The van der Waals surface area contributed by atoms with Crippen LogP contribution in [0.4, 0.5) is 0 Å². The third kappa shape index (κ3) is 4.08. The first-order valence-corrected chi connectivity index (χ1v) is 8.11. The highest BCUT2D eigenvalue weighted by molar-refractivity contribution is 5.80. The molecule has 1 aliphatic rings. The summed E-state index contributed by atoms with van der Waals surface area (Å²) in [5.41, 5.74) is 2.68. The summed E-state index contributed by atoms with van der Waals surface area (Å²) in [6.45, 7) is 7.91. The maximum Gasteiger partial charge on any atom is 0.0645 e. The minimum Gasteiger partial charge on any atom is -0.379 e. The Balaban J connectivity index is 1.58. The van der Waals surface area contributed by atoms with Gasteiger partial charge in [-0.2, -0.15) is 0 Å². The van der Waals surface area contributed by atoms with E-state index in [0.29, 0.717) is 5.92 Å². The van der Waals surface area contributed by atoms with Gasteiger partial charge in [-0.25, -0.2) is 0 Å². The molecule has 0 amide bonds. The highest BCUT2D eigenvalue weighted by atomic mass is 16.5. The number of nitrogens with zero attached hydrogens (tertiary/aromatic N) is 1. The van der Waals surface area contributed by atoms with Crippen LogP contribution in [0.15, 0.2) is 30.5 Å². The molecule has 1 fully saturated rings. The van der Waals surface area contributed by atoms with E-state index in [4.69, 9.17) is 4.74 Å². The first kappa shape index (κ1) is 14.6. The molecular formula is C18H26N2O. The van der Waals surface area contributed by atoms with Crippen molar-refractivity contribution < 1.29 is 4.74 Å². The van der Waals surface area contributed by atoms with Gasteiger partial charge in [0.05, 0.1) is 6.61 Å². The Morgan fingerprint density at radius 3 is 2.90 bits per heavy atom. The summed E-state index contributed by atoms with van der Waals surface area (Å²) in [5, 5.41) is 4.90. The molecule has 0 saturated heterocycles. The SMILES string of the molecule is CC(C)COCCn1ccc2cc(CNC3CC3)ccc21. The highest BCUT2D eigenvalue weighted by Gasteiger charge is 2.19. The molecule has 3 rings (SSSR count). The fraction of sp³-hybridized carbons (Fsp3) is 0.556. The molecule has 0 atom stereocenters. The molecule has 1 saturated carbocycles. The van der Waals surface area contributed by atoms with Gasteiger partial charge in [-0.05, 0) is 47.9 Å². The van der Waals surface area contributed by atoms with Gasteiger partial charge in [0.2, 0.25) is 0 Å². The smallest absolute Gasteiger partial charge is 0.0645 e. The zero-order chi connectivity index (χ0) is 14.7. The van der Waals surface area contributed by atoms with Gasteiger partial charge >= 0.3 is 0 Å². The zero-order valence-corrected chi connectivity index (χ0v) is 13.1. The molecule has 1 aromatic heterocycles. The Kier molecular flexibility index (Phi) is 4.61. The topological polar surface area (TPSA) is 26.2 Å². The Bertz CT molecular complexity index is 584. The molecule has 0 bridgehead atoms. The minimum atomic E-state index is 0.605. The van der Waals surface area contributed by atoms with Gasteiger partial charge in [0.25, 0.3) is 0 Å². The molecular weight excluding hydrogens is 260 g/mol. The second kappa shape index (κ2) is 6.63. The summed E-state index contributed by atoms with van der Waals surface area (Å²) in [6.07, 6.45) is 4.85. The number of aromatic nitrogens is 1. The molecule has 0 aliphatic heterocycles. The third-order valence-electron chi connectivity index (χ3n) is 3.94. The lowest BCUT2D eigenvalue weighted by atomic mass is 10.1. The van der Waals surface area contributed by atoms with E-state index in [0.717, 1.165) is 32.3 Å². The number of nitrogens with one attached hydrogen (secondary N) is 1. The van der Waals surface area contributed by atoms with E-state index in [9.17, 15) is 0 Å². The minimum absolute atomic E-state index is 0.605. The lowest BCUT2D eigenvalue weighted by Gasteiger charge is -2.09. The van der Waals surface area contributed by atoms with Gasteiger partial charge in [-0.15, -0.1) is 0 Å². The maximum absolute atomic E-state index is 5.68. The van der Waals surface area contributed by atoms with Crippen molar-refractivity contribution in [3.05, 3.63) is 36.0 Å². The average molecular weight is 286 g/mol. The molecule has 1 N–H and O–H groups in total. The van der Waals surface area contributed by atoms with Gasteiger partial charge in [0.15, 0.2) is 0 Å². The number of fused-ring (bicyclic) bond motifs is 1. The van der Waals surface area contributed by atoms with Crippen molar-refractivity contribution >= 4 is 10.9 Å². The van der Waals surface area contributed by atoms with Crippen molar-refractivity contribution in [2.45, 2.75) is 45.8 Å². The average Bonchev–Trinajstić information content (AvgIpc) is 3.21. The predicted molar refractivity (Wildman–Crippen MR) is 87.5 cm³/mol. The van der Waals surface area contributed by atoms with Gasteiger partial charge < -0.3 is 14.6 Å². The third-order valence-corrected chi connectivity index (χ3v) is 3.94. The van der Waals surface area contributed by atoms with Crippen LogP contribution < -0.4 is 5.32 Å². The van der Waals surface area contributed by atoms with Gasteiger partial charge in [0, 0.05) is 37.5 Å². The van der Waals surface area contributed by atoms with Crippen molar-refractivity contribution in [2.24, 2.45) is 5.92 Å². The molecule has 1 heterocycles. The monoisotopic (exact) mass is 286 g/mol. The molecule has 114 valence electrons.